The van der Waals surface area contributed by atoms with E-state index in [1.165, 1.54) is 21.3 Å². The molecule has 0 aliphatic heterocycles. The number of carbonyl (C=O) groups excluding carboxylic acids is 2. The van der Waals surface area contributed by atoms with Gasteiger partial charge in [0.1, 0.15) is 6.10 Å². The average Bonchev–Trinajstić information content (AvgIpc) is 2.71. The highest BCUT2D eigenvalue weighted by molar-refractivity contribution is 5.78. The fraction of sp³-hybridized carbons (Fsp3) is 0.652. The monoisotopic (exact) mass is 422 g/mol. The van der Waals surface area contributed by atoms with Crippen LogP contribution in [0.1, 0.15) is 45.6 Å². The Hall–Kier alpha value is -2.44. The molecule has 1 fully saturated rings. The van der Waals surface area contributed by atoms with Crippen molar-refractivity contribution in [1.82, 2.24) is 0 Å². The van der Waals surface area contributed by atoms with E-state index in [1.807, 2.05) is 0 Å². The maximum absolute atomic E-state index is 12.3. The van der Waals surface area contributed by atoms with Crippen molar-refractivity contribution in [2.75, 3.05) is 27.9 Å². The highest BCUT2D eigenvalue weighted by Gasteiger charge is 2.33. The molecule has 0 aromatic heterocycles. The average molecular weight is 423 g/mol. The number of benzene rings is 1. The Morgan fingerprint density at radius 3 is 2.17 bits per heavy atom. The molecular weight excluding hydrogens is 388 g/mol. The van der Waals surface area contributed by atoms with E-state index < -0.39 is 11.9 Å². The van der Waals surface area contributed by atoms with Crippen molar-refractivity contribution in [3.8, 4) is 17.2 Å². The Balaban J connectivity index is 1.92. The van der Waals surface area contributed by atoms with Crippen LogP contribution in [0.15, 0.2) is 12.1 Å². The highest BCUT2D eigenvalue weighted by atomic mass is 16.6. The molecule has 0 radical (unpaired) electrons. The molecular formula is C23H34O7. The highest BCUT2D eigenvalue weighted by Crippen LogP contribution is 2.38. The lowest BCUT2D eigenvalue weighted by Gasteiger charge is -2.36. The lowest BCUT2D eigenvalue weighted by molar-refractivity contribution is -0.166. The first kappa shape index (κ1) is 23.8. The Labute approximate surface area is 179 Å². The lowest BCUT2D eigenvalue weighted by atomic mass is 9.75. The molecule has 1 aromatic rings. The molecule has 0 heterocycles. The van der Waals surface area contributed by atoms with Gasteiger partial charge in [0.25, 0.3) is 0 Å². The second-order valence-corrected chi connectivity index (χ2v) is 8.23. The third kappa shape index (κ3) is 6.28. The minimum atomic E-state index is -0.529. The van der Waals surface area contributed by atoms with E-state index in [1.54, 1.807) is 12.1 Å². The zero-order chi connectivity index (χ0) is 22.3. The summed E-state index contributed by atoms with van der Waals surface area (Å²) >= 11 is 0. The standard InChI is InChI=1S/C23H34O7/c1-14(2)17-8-7-15(3)9-18(17)30-22(25)13-29-21(24)12-16-10-19(26-4)23(28-6)20(11-16)27-5/h10-11,14-15,17-18H,7-9,12-13H2,1-6H3. The van der Waals surface area contributed by atoms with E-state index in [0.717, 1.165) is 19.3 Å². The van der Waals surface area contributed by atoms with E-state index in [0.29, 0.717) is 40.6 Å². The van der Waals surface area contributed by atoms with Gasteiger partial charge in [0.05, 0.1) is 27.8 Å². The van der Waals surface area contributed by atoms with Gasteiger partial charge in [-0.1, -0.05) is 27.2 Å². The molecule has 168 valence electrons. The molecule has 3 atom stereocenters. The Morgan fingerprint density at radius 1 is 1.00 bits per heavy atom. The first-order valence-electron chi connectivity index (χ1n) is 10.4. The predicted octanol–water partition coefficient (Wildman–Crippen LogP) is 3.80. The third-order valence-electron chi connectivity index (χ3n) is 5.67. The van der Waals surface area contributed by atoms with Crippen molar-refractivity contribution in [3.63, 3.8) is 0 Å². The van der Waals surface area contributed by atoms with Crippen LogP contribution in [0.4, 0.5) is 0 Å². The normalized spacial score (nSPS) is 21.1. The van der Waals surface area contributed by atoms with E-state index >= 15 is 0 Å². The number of methoxy groups -OCH3 is 3. The van der Waals surface area contributed by atoms with E-state index in [-0.39, 0.29) is 19.1 Å². The molecule has 3 unspecified atom stereocenters. The summed E-state index contributed by atoms with van der Waals surface area (Å²) in [5, 5.41) is 0. The summed E-state index contributed by atoms with van der Waals surface area (Å²) in [4.78, 5) is 24.5. The van der Waals surface area contributed by atoms with Gasteiger partial charge in [-0.25, -0.2) is 4.79 Å². The van der Waals surface area contributed by atoms with E-state index in [4.69, 9.17) is 23.7 Å². The zero-order valence-corrected chi connectivity index (χ0v) is 18.9. The molecule has 2 rings (SSSR count). The van der Waals surface area contributed by atoms with Crippen molar-refractivity contribution >= 4 is 11.9 Å². The molecule has 7 nitrogen and oxygen atoms in total. The summed E-state index contributed by atoms with van der Waals surface area (Å²) < 4.78 is 26.7. The van der Waals surface area contributed by atoms with Gasteiger partial charge >= 0.3 is 11.9 Å². The van der Waals surface area contributed by atoms with Crippen molar-refractivity contribution < 1.29 is 33.3 Å². The zero-order valence-electron chi connectivity index (χ0n) is 18.9. The van der Waals surface area contributed by atoms with Gasteiger partial charge in [0, 0.05) is 0 Å². The quantitative estimate of drug-likeness (QED) is 0.560. The maximum Gasteiger partial charge on any atom is 0.344 e. The van der Waals surface area contributed by atoms with Crippen LogP contribution in [0, 0.1) is 17.8 Å². The van der Waals surface area contributed by atoms with Crippen LogP contribution in [-0.2, 0) is 25.5 Å². The van der Waals surface area contributed by atoms with Crippen LogP contribution in [0.3, 0.4) is 0 Å². The van der Waals surface area contributed by atoms with E-state index in [9.17, 15) is 9.59 Å². The second-order valence-electron chi connectivity index (χ2n) is 8.23. The Bertz CT molecular complexity index is 703. The summed E-state index contributed by atoms with van der Waals surface area (Å²) in [5.74, 6) is 1.63. The summed E-state index contributed by atoms with van der Waals surface area (Å²) in [6, 6.07) is 3.36. The van der Waals surface area contributed by atoms with Gasteiger partial charge in [0.15, 0.2) is 18.1 Å². The Kier molecular flexibility index (Phi) is 8.81. The molecule has 1 saturated carbocycles. The largest absolute Gasteiger partial charge is 0.493 e. The van der Waals surface area contributed by atoms with Crippen molar-refractivity contribution in [3.05, 3.63) is 17.7 Å². The minimum absolute atomic E-state index is 0.0287. The number of esters is 2. The summed E-state index contributed by atoms with van der Waals surface area (Å²) in [7, 11) is 4.52. The van der Waals surface area contributed by atoms with Crippen LogP contribution in [-0.4, -0.2) is 46.0 Å². The van der Waals surface area contributed by atoms with Crippen molar-refractivity contribution in [2.24, 2.45) is 17.8 Å². The second kappa shape index (κ2) is 11.1. The topological polar surface area (TPSA) is 80.3 Å². The van der Waals surface area contributed by atoms with Gasteiger partial charge in [-0.05, 0) is 48.3 Å². The van der Waals surface area contributed by atoms with Crippen molar-refractivity contribution in [1.29, 1.82) is 0 Å². The van der Waals surface area contributed by atoms with Gasteiger partial charge < -0.3 is 23.7 Å². The third-order valence-corrected chi connectivity index (χ3v) is 5.67. The molecule has 0 spiro atoms. The number of rotatable bonds is 9. The summed E-state index contributed by atoms with van der Waals surface area (Å²) in [5.41, 5.74) is 0.629. The van der Waals surface area contributed by atoms with Crippen molar-refractivity contribution in [2.45, 2.75) is 52.6 Å². The summed E-state index contributed by atoms with van der Waals surface area (Å²) in [6.07, 6.45) is 2.92. The van der Waals surface area contributed by atoms with Crippen LogP contribution in [0.25, 0.3) is 0 Å². The fourth-order valence-electron chi connectivity index (χ4n) is 4.05. The molecule has 1 aliphatic carbocycles. The smallest absolute Gasteiger partial charge is 0.344 e. The van der Waals surface area contributed by atoms with Gasteiger partial charge in [-0.2, -0.15) is 0 Å². The molecule has 30 heavy (non-hydrogen) atoms. The first-order chi connectivity index (χ1) is 14.3. The van der Waals surface area contributed by atoms with Crippen LogP contribution < -0.4 is 14.2 Å². The maximum atomic E-state index is 12.3. The fourth-order valence-corrected chi connectivity index (χ4v) is 4.05. The molecule has 1 aromatic carbocycles. The SMILES string of the molecule is COc1cc(CC(=O)OCC(=O)OC2CC(C)CCC2C(C)C)cc(OC)c1OC. The molecule has 1 aliphatic rings. The molecule has 0 N–H and O–H groups in total. The molecule has 0 amide bonds. The minimum Gasteiger partial charge on any atom is -0.493 e. The van der Waals surface area contributed by atoms with E-state index in [2.05, 4.69) is 20.8 Å². The van der Waals surface area contributed by atoms with Crippen LogP contribution >= 0.6 is 0 Å². The number of hydrogen-bond donors (Lipinski definition) is 0. The molecule has 7 heteroatoms. The first-order valence-corrected chi connectivity index (χ1v) is 10.4. The number of ether oxygens (including phenoxy) is 5. The lowest BCUT2D eigenvalue weighted by Crippen LogP contribution is -2.36. The number of carbonyl (C=O) groups is 2. The molecule has 0 saturated heterocycles. The summed E-state index contributed by atoms with van der Waals surface area (Å²) in [6.45, 7) is 6.09. The Morgan fingerprint density at radius 2 is 1.63 bits per heavy atom. The predicted molar refractivity (Wildman–Crippen MR) is 112 cm³/mol. The van der Waals surface area contributed by atoms with Gasteiger partial charge in [-0.3, -0.25) is 4.79 Å². The van der Waals surface area contributed by atoms with Gasteiger partial charge in [-0.15, -0.1) is 0 Å². The van der Waals surface area contributed by atoms with Crippen LogP contribution in [0.2, 0.25) is 0 Å². The van der Waals surface area contributed by atoms with Gasteiger partial charge in [0.2, 0.25) is 5.75 Å². The number of hydrogen-bond acceptors (Lipinski definition) is 7. The van der Waals surface area contributed by atoms with Crippen LogP contribution in [0.5, 0.6) is 17.2 Å². The molecule has 0 bridgehead atoms.